The van der Waals surface area contributed by atoms with Crippen LogP contribution in [0.15, 0.2) is 103 Å². The third-order valence-electron chi connectivity index (χ3n) is 8.84. The summed E-state index contributed by atoms with van der Waals surface area (Å²) in [6, 6.07) is 32.0. The predicted molar refractivity (Wildman–Crippen MR) is 190 cm³/mol. The summed E-state index contributed by atoms with van der Waals surface area (Å²) in [5.41, 5.74) is 4.90. The Morgan fingerprint density at radius 1 is 1.02 bits per heavy atom. The highest BCUT2D eigenvalue weighted by molar-refractivity contribution is 7.80. The van der Waals surface area contributed by atoms with Crippen LogP contribution in [0.2, 0.25) is 5.02 Å². The third kappa shape index (κ3) is 7.56. The van der Waals surface area contributed by atoms with E-state index in [0.717, 1.165) is 17.3 Å². The number of aryl methyl sites for hydroxylation is 1. The molecule has 2 N–H and O–H groups in total. The number of benzene rings is 3. The topological polar surface area (TPSA) is 87.3 Å². The average Bonchev–Trinajstić information content (AvgIpc) is 3.52. The normalized spacial score (nSPS) is 16.3. The number of halogens is 1. The summed E-state index contributed by atoms with van der Waals surface area (Å²) in [5.74, 6) is -0.193. The van der Waals surface area contributed by atoms with Crippen molar-refractivity contribution in [1.29, 1.82) is 0 Å². The molecule has 2 atom stereocenters. The number of carbonyl (C=O) groups excluding carboxylic acids is 2. The molecule has 5 aromatic rings. The molecule has 0 radical (unpaired) electrons. The van der Waals surface area contributed by atoms with Crippen LogP contribution in [0.5, 0.6) is 0 Å². The molecule has 3 aromatic carbocycles. The monoisotopic (exact) mass is 664 g/mol. The number of esters is 1. The Bertz CT molecular complexity index is 1820. The quantitative estimate of drug-likeness (QED) is 0.116. The number of likely N-dealkylation sites (tertiary alicyclic amines) is 1. The van der Waals surface area contributed by atoms with Crippen molar-refractivity contribution >= 4 is 51.6 Å². The van der Waals surface area contributed by atoms with E-state index in [1.165, 1.54) is 11.1 Å². The number of nitrogens with zero attached hydrogens (tertiary/aromatic N) is 2. The van der Waals surface area contributed by atoms with Gasteiger partial charge in [0.05, 0.1) is 22.9 Å². The maximum absolute atomic E-state index is 13.8. The summed E-state index contributed by atoms with van der Waals surface area (Å²) in [4.78, 5) is 37.0. The summed E-state index contributed by atoms with van der Waals surface area (Å²) in [5, 5.41) is 4.81. The van der Waals surface area contributed by atoms with Crippen molar-refractivity contribution in [2.75, 3.05) is 13.2 Å². The number of amides is 1. The summed E-state index contributed by atoms with van der Waals surface area (Å²) in [6.07, 6.45) is 3.91. The summed E-state index contributed by atoms with van der Waals surface area (Å²) in [7, 11) is 0. The highest BCUT2D eigenvalue weighted by atomic mass is 35.5. The number of ether oxygens (including phenoxy) is 1. The second-order valence-electron chi connectivity index (χ2n) is 11.8. The lowest BCUT2D eigenvalue weighted by molar-refractivity contribution is 0.0524. The van der Waals surface area contributed by atoms with Crippen LogP contribution in [0.3, 0.4) is 0 Å². The van der Waals surface area contributed by atoms with Gasteiger partial charge in [-0.3, -0.25) is 9.78 Å². The number of piperidine rings is 1. The largest absolute Gasteiger partial charge is 0.462 e. The zero-order chi connectivity index (χ0) is 32.8. The SMILES string of the molecule is CCOC(=O)c1cccnc1CCC(=S)N1CCC(C(c2ccccc2)c2ccccc2)CC1NC(=O)c1cc2cc(Cl)ccc2[nH]1. The van der Waals surface area contributed by atoms with E-state index in [1.807, 2.05) is 30.3 Å². The average molecular weight is 665 g/mol. The van der Waals surface area contributed by atoms with Crippen LogP contribution in [0, 0.1) is 5.92 Å². The Hall–Kier alpha value is -4.53. The Kier molecular flexibility index (Phi) is 10.3. The number of pyridine rings is 1. The molecule has 1 aliphatic rings. The fourth-order valence-corrected chi connectivity index (χ4v) is 7.15. The van der Waals surface area contributed by atoms with E-state index in [4.69, 9.17) is 28.6 Å². The zero-order valence-electron chi connectivity index (χ0n) is 26.2. The number of nitrogens with one attached hydrogen (secondary N) is 2. The standard InChI is InChI=1S/C38H37ClN4O3S/c1-2-46-38(45)30-14-9-20-40-32(30)17-18-35(47)43-21-19-27(36(25-10-5-3-6-11-25)26-12-7-4-8-13-26)24-34(43)42-37(44)33-23-28-22-29(39)15-16-31(28)41-33/h3-16,20,22-23,27,34,36,41H,2,17-19,21,24H2,1H3,(H,42,44). The minimum Gasteiger partial charge on any atom is -0.462 e. The fraction of sp³-hybridized carbons (Fsp3) is 0.263. The number of fused-ring (bicyclic) bond motifs is 1. The van der Waals surface area contributed by atoms with Crippen molar-refractivity contribution in [2.45, 2.75) is 44.7 Å². The first-order chi connectivity index (χ1) is 22.9. The molecule has 2 unspecified atom stereocenters. The molecule has 1 saturated heterocycles. The molecule has 3 heterocycles. The molecule has 0 aliphatic carbocycles. The smallest absolute Gasteiger partial charge is 0.339 e. The van der Waals surface area contributed by atoms with E-state index >= 15 is 0 Å². The van der Waals surface area contributed by atoms with Gasteiger partial charge in [-0.05, 0) is 79.6 Å². The van der Waals surface area contributed by atoms with Crippen LogP contribution in [-0.4, -0.2) is 51.1 Å². The molecule has 0 spiro atoms. The molecule has 0 saturated carbocycles. The van der Waals surface area contributed by atoms with E-state index in [0.29, 0.717) is 52.8 Å². The van der Waals surface area contributed by atoms with Crippen molar-refractivity contribution < 1.29 is 14.3 Å². The minimum atomic E-state index is -0.389. The van der Waals surface area contributed by atoms with Gasteiger partial charge in [-0.15, -0.1) is 0 Å². The third-order valence-corrected chi connectivity index (χ3v) is 9.51. The second kappa shape index (κ2) is 14.9. The van der Waals surface area contributed by atoms with Gasteiger partial charge in [0.25, 0.3) is 5.91 Å². The molecule has 1 amide bonds. The van der Waals surface area contributed by atoms with Gasteiger partial charge in [-0.1, -0.05) is 84.5 Å². The number of aromatic nitrogens is 2. The number of H-pyrrole nitrogens is 1. The Morgan fingerprint density at radius 3 is 2.45 bits per heavy atom. The lowest BCUT2D eigenvalue weighted by atomic mass is 9.75. The van der Waals surface area contributed by atoms with Crippen molar-refractivity contribution in [1.82, 2.24) is 20.2 Å². The highest BCUT2D eigenvalue weighted by Crippen LogP contribution is 2.39. The molecule has 47 heavy (non-hydrogen) atoms. The molecule has 9 heteroatoms. The number of aromatic amines is 1. The van der Waals surface area contributed by atoms with Crippen LogP contribution >= 0.6 is 23.8 Å². The predicted octanol–water partition coefficient (Wildman–Crippen LogP) is 7.95. The molecule has 6 rings (SSSR count). The lowest BCUT2D eigenvalue weighted by Crippen LogP contribution is -2.55. The van der Waals surface area contributed by atoms with Crippen LogP contribution in [0.25, 0.3) is 10.9 Å². The van der Waals surface area contributed by atoms with Crippen LogP contribution < -0.4 is 5.32 Å². The molecule has 0 bridgehead atoms. The minimum absolute atomic E-state index is 0.156. The van der Waals surface area contributed by atoms with Crippen molar-refractivity contribution in [2.24, 2.45) is 5.92 Å². The zero-order valence-corrected chi connectivity index (χ0v) is 27.8. The van der Waals surface area contributed by atoms with E-state index in [1.54, 1.807) is 31.3 Å². The van der Waals surface area contributed by atoms with Gasteiger partial charge < -0.3 is 19.9 Å². The first-order valence-corrected chi connectivity index (χ1v) is 16.8. The van der Waals surface area contributed by atoms with Crippen LogP contribution in [-0.2, 0) is 11.2 Å². The Labute approximate surface area is 285 Å². The fourth-order valence-electron chi connectivity index (χ4n) is 6.64. The molecule has 1 aliphatic heterocycles. The van der Waals surface area contributed by atoms with Crippen molar-refractivity contribution in [3.63, 3.8) is 0 Å². The van der Waals surface area contributed by atoms with E-state index in [2.05, 4.69) is 68.7 Å². The highest BCUT2D eigenvalue weighted by Gasteiger charge is 2.36. The molecule has 240 valence electrons. The van der Waals surface area contributed by atoms with Gasteiger partial charge in [0.15, 0.2) is 0 Å². The summed E-state index contributed by atoms with van der Waals surface area (Å²) >= 11 is 12.3. The molecule has 7 nitrogen and oxygen atoms in total. The van der Waals surface area contributed by atoms with Gasteiger partial charge >= 0.3 is 5.97 Å². The van der Waals surface area contributed by atoms with Crippen LogP contribution in [0.1, 0.15) is 69.8 Å². The van der Waals surface area contributed by atoms with Crippen LogP contribution in [0.4, 0.5) is 0 Å². The van der Waals surface area contributed by atoms with Gasteiger partial charge in [-0.2, -0.15) is 0 Å². The Balaban J connectivity index is 1.27. The molecule has 1 fully saturated rings. The van der Waals surface area contributed by atoms with E-state index in [-0.39, 0.29) is 36.5 Å². The number of rotatable bonds is 10. The van der Waals surface area contributed by atoms with Gasteiger partial charge in [0, 0.05) is 41.0 Å². The number of hydrogen-bond acceptors (Lipinski definition) is 5. The Morgan fingerprint density at radius 2 is 1.74 bits per heavy atom. The van der Waals surface area contributed by atoms with Crippen molar-refractivity contribution in [3.8, 4) is 0 Å². The second-order valence-corrected chi connectivity index (χ2v) is 12.7. The number of thiocarbonyl (C=S) groups is 1. The number of carbonyl (C=O) groups is 2. The van der Waals surface area contributed by atoms with Gasteiger partial charge in [0.1, 0.15) is 11.9 Å². The van der Waals surface area contributed by atoms with Crippen molar-refractivity contribution in [3.05, 3.63) is 136 Å². The summed E-state index contributed by atoms with van der Waals surface area (Å²) in [6.45, 7) is 2.75. The molecular weight excluding hydrogens is 628 g/mol. The number of hydrogen-bond donors (Lipinski definition) is 2. The van der Waals surface area contributed by atoms with Gasteiger partial charge in [0.2, 0.25) is 0 Å². The lowest BCUT2D eigenvalue weighted by Gasteiger charge is -2.44. The molecular formula is C38H37ClN4O3S. The van der Waals surface area contributed by atoms with E-state index in [9.17, 15) is 9.59 Å². The first kappa shape index (κ1) is 32.4. The summed E-state index contributed by atoms with van der Waals surface area (Å²) < 4.78 is 5.25. The molecule has 2 aromatic heterocycles. The maximum Gasteiger partial charge on any atom is 0.339 e. The maximum atomic E-state index is 13.8. The van der Waals surface area contributed by atoms with Gasteiger partial charge in [-0.25, -0.2) is 4.79 Å². The first-order valence-electron chi connectivity index (χ1n) is 16.0. The van der Waals surface area contributed by atoms with E-state index < -0.39 is 0 Å².